The van der Waals surface area contributed by atoms with E-state index in [4.69, 9.17) is 10.5 Å². The van der Waals surface area contributed by atoms with E-state index in [-0.39, 0.29) is 35.8 Å². The van der Waals surface area contributed by atoms with E-state index >= 15 is 0 Å². The normalized spacial score (nSPS) is 15.2. The Balaban J connectivity index is 0.00000220. The molecule has 1 heterocycles. The fourth-order valence-electron chi connectivity index (χ4n) is 2.25. The van der Waals surface area contributed by atoms with E-state index < -0.39 is 4.92 Å². The predicted octanol–water partition coefficient (Wildman–Crippen LogP) is 1.59. The van der Waals surface area contributed by atoms with E-state index in [1.807, 2.05) is 0 Å². The molecule has 0 radical (unpaired) electrons. The van der Waals surface area contributed by atoms with Crippen molar-refractivity contribution in [2.24, 2.45) is 5.73 Å². The van der Waals surface area contributed by atoms with Gasteiger partial charge < -0.3 is 15.4 Å². The molecule has 0 aromatic heterocycles. The summed E-state index contributed by atoms with van der Waals surface area (Å²) in [6.45, 7) is 1.22. The third kappa shape index (κ3) is 3.83. The lowest BCUT2D eigenvalue weighted by atomic mass is 10.0. The molecule has 1 aliphatic rings. The number of carbonyl (C=O) groups is 1. The number of nitro groups is 1. The standard InChI is InChI=1S/C13H17N3O4.ClH/c1-20-12-8-9(2-3-11(12)16(18)19)13(17)15-6-4-10(14)5-7-15;/h2-3,8,10H,4-7,14H2,1H3;1H. The highest BCUT2D eigenvalue weighted by atomic mass is 35.5. The summed E-state index contributed by atoms with van der Waals surface area (Å²) < 4.78 is 4.97. The van der Waals surface area contributed by atoms with Crippen LogP contribution in [0.3, 0.4) is 0 Å². The number of hydrogen-bond acceptors (Lipinski definition) is 5. The molecule has 1 fully saturated rings. The number of amides is 1. The molecule has 2 N–H and O–H groups in total. The van der Waals surface area contributed by atoms with E-state index in [0.717, 1.165) is 12.8 Å². The molecular weight excluding hydrogens is 298 g/mol. The van der Waals surface area contributed by atoms with Gasteiger partial charge in [0.2, 0.25) is 0 Å². The van der Waals surface area contributed by atoms with Crippen LogP contribution in [0.1, 0.15) is 23.2 Å². The topological polar surface area (TPSA) is 98.7 Å². The van der Waals surface area contributed by atoms with E-state index in [1.54, 1.807) is 4.90 Å². The molecule has 1 aliphatic heterocycles. The van der Waals surface area contributed by atoms with E-state index in [1.165, 1.54) is 25.3 Å². The SMILES string of the molecule is COc1cc(C(=O)N2CCC(N)CC2)ccc1[N+](=O)[O-].Cl. The molecule has 0 spiro atoms. The lowest BCUT2D eigenvalue weighted by molar-refractivity contribution is -0.385. The summed E-state index contributed by atoms with van der Waals surface area (Å²) in [6, 6.07) is 4.30. The van der Waals surface area contributed by atoms with Crippen LogP contribution in [0.25, 0.3) is 0 Å². The number of nitrogens with two attached hydrogens (primary N) is 1. The first kappa shape index (κ1) is 17.2. The maximum Gasteiger partial charge on any atom is 0.310 e. The molecule has 0 bridgehead atoms. The fraction of sp³-hybridized carbons (Fsp3) is 0.462. The zero-order valence-electron chi connectivity index (χ0n) is 11.7. The Kier molecular flexibility index (Phi) is 5.92. The minimum Gasteiger partial charge on any atom is -0.490 e. The van der Waals surface area contributed by atoms with E-state index in [2.05, 4.69) is 0 Å². The molecule has 1 amide bonds. The van der Waals surface area contributed by atoms with Gasteiger partial charge in [-0.25, -0.2) is 0 Å². The van der Waals surface area contributed by atoms with Crippen LogP contribution in [0.4, 0.5) is 5.69 Å². The number of likely N-dealkylation sites (tertiary alicyclic amines) is 1. The molecule has 0 aliphatic carbocycles. The Morgan fingerprint density at radius 2 is 2.05 bits per heavy atom. The van der Waals surface area contributed by atoms with Gasteiger partial charge in [-0.3, -0.25) is 14.9 Å². The molecule has 7 nitrogen and oxygen atoms in total. The van der Waals surface area contributed by atoms with Crippen LogP contribution in [0, 0.1) is 10.1 Å². The van der Waals surface area contributed by atoms with Gasteiger partial charge in [-0.1, -0.05) is 0 Å². The molecule has 2 rings (SSSR count). The predicted molar refractivity (Wildman–Crippen MR) is 80.0 cm³/mol. The summed E-state index contributed by atoms with van der Waals surface area (Å²) in [6.07, 6.45) is 1.55. The second-order valence-corrected chi connectivity index (χ2v) is 4.77. The molecule has 0 saturated carbocycles. The molecular formula is C13H18ClN3O4. The number of ether oxygens (including phenoxy) is 1. The Morgan fingerprint density at radius 3 is 2.57 bits per heavy atom. The van der Waals surface area contributed by atoms with Gasteiger partial charge in [0, 0.05) is 36.8 Å². The third-order valence-corrected chi connectivity index (χ3v) is 3.45. The number of nitro benzene ring substituents is 1. The Morgan fingerprint density at radius 1 is 1.43 bits per heavy atom. The lowest BCUT2D eigenvalue weighted by Gasteiger charge is -2.30. The van der Waals surface area contributed by atoms with Crippen molar-refractivity contribution in [1.29, 1.82) is 0 Å². The Labute approximate surface area is 128 Å². The molecule has 1 aromatic carbocycles. The van der Waals surface area contributed by atoms with Gasteiger partial charge in [-0.2, -0.15) is 0 Å². The number of halogens is 1. The van der Waals surface area contributed by atoms with Crippen molar-refractivity contribution in [1.82, 2.24) is 4.90 Å². The molecule has 1 saturated heterocycles. The number of methoxy groups -OCH3 is 1. The summed E-state index contributed by atoms with van der Waals surface area (Å²) >= 11 is 0. The maximum absolute atomic E-state index is 12.3. The Hall–Kier alpha value is -1.86. The average molecular weight is 316 g/mol. The second kappa shape index (κ2) is 7.24. The van der Waals surface area contributed by atoms with Crippen LogP contribution in [0.2, 0.25) is 0 Å². The molecule has 0 atom stereocenters. The first-order valence-corrected chi connectivity index (χ1v) is 6.40. The smallest absolute Gasteiger partial charge is 0.310 e. The summed E-state index contributed by atoms with van der Waals surface area (Å²) in [5.74, 6) is -0.0559. The van der Waals surface area contributed by atoms with Gasteiger partial charge in [0.1, 0.15) is 0 Å². The van der Waals surface area contributed by atoms with E-state index in [0.29, 0.717) is 18.7 Å². The zero-order valence-corrected chi connectivity index (χ0v) is 12.5. The lowest BCUT2D eigenvalue weighted by Crippen LogP contribution is -2.42. The third-order valence-electron chi connectivity index (χ3n) is 3.45. The highest BCUT2D eigenvalue weighted by Crippen LogP contribution is 2.28. The van der Waals surface area contributed by atoms with Gasteiger partial charge in [-0.15, -0.1) is 12.4 Å². The number of benzene rings is 1. The molecule has 8 heteroatoms. The summed E-state index contributed by atoms with van der Waals surface area (Å²) in [4.78, 5) is 24.3. The monoisotopic (exact) mass is 315 g/mol. The van der Waals surface area contributed by atoms with Crippen LogP contribution >= 0.6 is 12.4 Å². The quantitative estimate of drug-likeness (QED) is 0.674. The van der Waals surface area contributed by atoms with Crippen molar-refractivity contribution >= 4 is 24.0 Å². The number of nitrogens with zero attached hydrogens (tertiary/aromatic N) is 2. The number of piperidine rings is 1. The largest absolute Gasteiger partial charge is 0.490 e. The number of hydrogen-bond donors (Lipinski definition) is 1. The van der Waals surface area contributed by atoms with Gasteiger partial charge in [0.25, 0.3) is 5.91 Å². The van der Waals surface area contributed by atoms with Crippen molar-refractivity contribution in [3.8, 4) is 5.75 Å². The van der Waals surface area contributed by atoms with E-state index in [9.17, 15) is 14.9 Å². The van der Waals surface area contributed by atoms with Gasteiger partial charge >= 0.3 is 5.69 Å². The minimum absolute atomic E-state index is 0. The van der Waals surface area contributed by atoms with Crippen molar-refractivity contribution in [2.75, 3.05) is 20.2 Å². The minimum atomic E-state index is -0.535. The first-order valence-electron chi connectivity index (χ1n) is 6.40. The van der Waals surface area contributed by atoms with Gasteiger partial charge in [-0.05, 0) is 18.9 Å². The second-order valence-electron chi connectivity index (χ2n) is 4.77. The summed E-state index contributed by atoms with van der Waals surface area (Å²) in [7, 11) is 1.34. The van der Waals surface area contributed by atoms with Crippen LogP contribution < -0.4 is 10.5 Å². The van der Waals surface area contributed by atoms with Crippen LogP contribution in [0.15, 0.2) is 18.2 Å². The van der Waals surface area contributed by atoms with Crippen LogP contribution in [0.5, 0.6) is 5.75 Å². The Bertz CT molecular complexity index is 530. The van der Waals surface area contributed by atoms with Gasteiger partial charge in [0.05, 0.1) is 12.0 Å². The molecule has 1 aromatic rings. The average Bonchev–Trinajstić information content (AvgIpc) is 2.46. The summed E-state index contributed by atoms with van der Waals surface area (Å²) in [5.41, 5.74) is 6.04. The first-order chi connectivity index (χ1) is 9.52. The van der Waals surface area contributed by atoms with Gasteiger partial charge in [0.15, 0.2) is 5.75 Å². The highest BCUT2D eigenvalue weighted by molar-refractivity contribution is 5.95. The highest BCUT2D eigenvalue weighted by Gasteiger charge is 2.24. The van der Waals surface area contributed by atoms with Crippen molar-refractivity contribution < 1.29 is 14.5 Å². The number of rotatable bonds is 3. The molecule has 116 valence electrons. The fourth-order valence-corrected chi connectivity index (χ4v) is 2.25. The number of carbonyl (C=O) groups excluding carboxylic acids is 1. The summed E-state index contributed by atoms with van der Waals surface area (Å²) in [5, 5.41) is 10.8. The van der Waals surface area contributed by atoms with Crippen LogP contribution in [-0.4, -0.2) is 42.0 Å². The molecule has 21 heavy (non-hydrogen) atoms. The zero-order chi connectivity index (χ0) is 14.7. The van der Waals surface area contributed by atoms with Crippen molar-refractivity contribution in [2.45, 2.75) is 18.9 Å². The van der Waals surface area contributed by atoms with Crippen molar-refractivity contribution in [3.63, 3.8) is 0 Å². The van der Waals surface area contributed by atoms with Crippen LogP contribution in [-0.2, 0) is 0 Å². The molecule has 0 unspecified atom stereocenters. The van der Waals surface area contributed by atoms with Crippen molar-refractivity contribution in [3.05, 3.63) is 33.9 Å². The maximum atomic E-state index is 12.3.